The first-order valence-electron chi connectivity index (χ1n) is 5.40. The van der Waals surface area contributed by atoms with Crippen LogP contribution >= 0.6 is 0 Å². The topological polar surface area (TPSA) is 21.6 Å². The molecule has 0 saturated heterocycles. The van der Waals surface area contributed by atoms with E-state index in [4.69, 9.17) is 4.84 Å². The van der Waals surface area contributed by atoms with Gasteiger partial charge in [0.05, 0.1) is 11.8 Å². The van der Waals surface area contributed by atoms with E-state index in [-0.39, 0.29) is 12.2 Å². The van der Waals surface area contributed by atoms with Crippen molar-refractivity contribution in [3.63, 3.8) is 0 Å². The zero-order valence-corrected chi connectivity index (χ0v) is 9.51. The third-order valence-electron chi connectivity index (χ3n) is 2.35. The van der Waals surface area contributed by atoms with Crippen LogP contribution in [0.4, 0.5) is 8.78 Å². The van der Waals surface area contributed by atoms with Crippen molar-refractivity contribution >= 4 is 6.21 Å². The fourth-order valence-corrected chi connectivity index (χ4v) is 1.41. The first-order chi connectivity index (χ1) is 8.77. The minimum absolute atomic E-state index is 0.122. The van der Waals surface area contributed by atoms with E-state index in [1.165, 1.54) is 24.4 Å². The van der Waals surface area contributed by atoms with Gasteiger partial charge in [-0.2, -0.15) is 0 Å². The summed E-state index contributed by atoms with van der Waals surface area (Å²) in [7, 11) is 0. The second-order valence-corrected chi connectivity index (χ2v) is 3.62. The highest BCUT2D eigenvalue weighted by molar-refractivity contribution is 5.78. The van der Waals surface area contributed by atoms with Crippen molar-refractivity contribution in [2.45, 2.75) is 6.61 Å². The maximum absolute atomic E-state index is 13.2. The monoisotopic (exact) mass is 247 g/mol. The lowest BCUT2D eigenvalue weighted by molar-refractivity contribution is 0.126. The predicted molar refractivity (Wildman–Crippen MR) is 65.2 cm³/mol. The number of benzene rings is 2. The van der Waals surface area contributed by atoms with Crippen LogP contribution in [0, 0.1) is 11.6 Å². The number of halogens is 2. The van der Waals surface area contributed by atoms with Gasteiger partial charge in [0.15, 0.2) is 0 Å². The first kappa shape index (κ1) is 12.2. The van der Waals surface area contributed by atoms with Crippen molar-refractivity contribution in [2.75, 3.05) is 0 Å². The van der Waals surface area contributed by atoms with Gasteiger partial charge >= 0.3 is 0 Å². The van der Waals surface area contributed by atoms with Gasteiger partial charge in [-0.15, -0.1) is 0 Å². The Morgan fingerprint density at radius 3 is 2.28 bits per heavy atom. The van der Waals surface area contributed by atoms with Gasteiger partial charge in [0, 0.05) is 0 Å². The van der Waals surface area contributed by atoms with Crippen LogP contribution in [0.1, 0.15) is 11.1 Å². The number of hydrogen-bond donors (Lipinski definition) is 0. The molecule has 0 fully saturated rings. The minimum atomic E-state index is -0.634. The smallest absolute Gasteiger partial charge is 0.147 e. The number of rotatable bonds is 4. The van der Waals surface area contributed by atoms with Crippen LogP contribution in [0.5, 0.6) is 0 Å². The fourth-order valence-electron chi connectivity index (χ4n) is 1.41. The zero-order valence-electron chi connectivity index (χ0n) is 9.51. The molecule has 0 N–H and O–H groups in total. The van der Waals surface area contributed by atoms with Gasteiger partial charge in [-0.05, 0) is 17.7 Å². The molecule has 0 spiro atoms. The molecule has 0 unspecified atom stereocenters. The van der Waals surface area contributed by atoms with Crippen molar-refractivity contribution in [3.05, 3.63) is 71.3 Å². The summed E-state index contributed by atoms with van der Waals surface area (Å²) in [5.41, 5.74) is 0.731. The molecule has 2 nitrogen and oxygen atoms in total. The summed E-state index contributed by atoms with van der Waals surface area (Å²) in [5.74, 6) is -1.27. The Morgan fingerprint density at radius 2 is 1.61 bits per heavy atom. The Labute approximate surface area is 104 Å². The largest absolute Gasteiger partial charge is 0.391 e. The molecule has 0 atom stereocenters. The molecule has 18 heavy (non-hydrogen) atoms. The van der Waals surface area contributed by atoms with Gasteiger partial charge < -0.3 is 4.84 Å². The van der Waals surface area contributed by atoms with Crippen LogP contribution in [0.25, 0.3) is 0 Å². The summed E-state index contributed by atoms with van der Waals surface area (Å²) in [4.78, 5) is 4.87. The van der Waals surface area contributed by atoms with Gasteiger partial charge in [0.25, 0.3) is 0 Å². The van der Waals surface area contributed by atoms with Crippen LogP contribution in [-0.4, -0.2) is 6.21 Å². The van der Waals surface area contributed by atoms with E-state index in [0.29, 0.717) is 0 Å². The molecular weight excluding hydrogens is 236 g/mol. The molecule has 0 heterocycles. The maximum atomic E-state index is 13.2. The third kappa shape index (κ3) is 3.13. The van der Waals surface area contributed by atoms with E-state index in [1.807, 2.05) is 30.3 Å². The Morgan fingerprint density at radius 1 is 0.944 bits per heavy atom. The molecule has 0 aliphatic rings. The van der Waals surface area contributed by atoms with Gasteiger partial charge in [-0.1, -0.05) is 41.6 Å². The van der Waals surface area contributed by atoms with E-state index >= 15 is 0 Å². The second-order valence-electron chi connectivity index (χ2n) is 3.62. The molecule has 0 bridgehead atoms. The molecule has 0 amide bonds. The molecule has 2 rings (SSSR count). The van der Waals surface area contributed by atoms with Gasteiger partial charge in [-0.3, -0.25) is 0 Å². The van der Waals surface area contributed by atoms with E-state index in [9.17, 15) is 8.78 Å². The van der Waals surface area contributed by atoms with Crippen molar-refractivity contribution in [2.24, 2.45) is 5.16 Å². The van der Waals surface area contributed by atoms with Crippen molar-refractivity contribution in [1.29, 1.82) is 0 Å². The highest BCUT2D eigenvalue weighted by atomic mass is 19.1. The number of nitrogens with zero attached hydrogens (tertiary/aromatic N) is 1. The molecule has 0 aliphatic carbocycles. The third-order valence-corrected chi connectivity index (χ3v) is 2.35. The standard InChI is InChI=1S/C14H11F2NO/c15-13-7-4-8-14(16)12(13)10-18-17-9-11-5-2-1-3-6-11/h1-9H,10H2. The molecule has 4 heteroatoms. The fraction of sp³-hybridized carbons (Fsp3) is 0.0714. The normalized spacial score (nSPS) is 10.8. The average Bonchev–Trinajstić information content (AvgIpc) is 2.38. The summed E-state index contributed by atoms with van der Waals surface area (Å²) in [6.07, 6.45) is 1.48. The Balaban J connectivity index is 1.95. The van der Waals surface area contributed by atoms with Crippen molar-refractivity contribution in [3.8, 4) is 0 Å². The van der Waals surface area contributed by atoms with Crippen LogP contribution in [-0.2, 0) is 11.4 Å². The lowest BCUT2D eigenvalue weighted by atomic mass is 10.2. The van der Waals surface area contributed by atoms with E-state index in [1.54, 1.807) is 0 Å². The van der Waals surface area contributed by atoms with Crippen LogP contribution < -0.4 is 0 Å². The molecule has 0 saturated carbocycles. The van der Waals surface area contributed by atoms with Crippen LogP contribution in [0.15, 0.2) is 53.7 Å². The van der Waals surface area contributed by atoms with E-state index < -0.39 is 11.6 Å². The average molecular weight is 247 g/mol. The highest BCUT2D eigenvalue weighted by Crippen LogP contribution is 2.13. The molecule has 0 aliphatic heterocycles. The Bertz CT molecular complexity index is 520. The molecule has 2 aromatic rings. The second kappa shape index (κ2) is 5.91. The quantitative estimate of drug-likeness (QED) is 0.598. The zero-order chi connectivity index (χ0) is 12.8. The van der Waals surface area contributed by atoms with Crippen molar-refractivity contribution < 1.29 is 13.6 Å². The molecule has 0 aromatic heterocycles. The summed E-state index contributed by atoms with van der Waals surface area (Å²) in [5, 5.41) is 3.66. The predicted octanol–water partition coefficient (Wildman–Crippen LogP) is 3.52. The van der Waals surface area contributed by atoms with Gasteiger partial charge in [0.2, 0.25) is 0 Å². The first-order valence-corrected chi connectivity index (χ1v) is 5.40. The number of oxime groups is 1. The summed E-state index contributed by atoms with van der Waals surface area (Å²) in [6, 6.07) is 13.0. The molecule has 2 aromatic carbocycles. The number of hydrogen-bond acceptors (Lipinski definition) is 2. The lowest BCUT2D eigenvalue weighted by Gasteiger charge is -2.02. The maximum Gasteiger partial charge on any atom is 0.147 e. The van der Waals surface area contributed by atoms with Crippen LogP contribution in [0.3, 0.4) is 0 Å². The summed E-state index contributed by atoms with van der Waals surface area (Å²) >= 11 is 0. The lowest BCUT2D eigenvalue weighted by Crippen LogP contribution is -1.96. The van der Waals surface area contributed by atoms with E-state index in [2.05, 4.69) is 5.16 Å². The summed E-state index contributed by atoms with van der Waals surface area (Å²) < 4.78 is 26.5. The van der Waals surface area contributed by atoms with Crippen molar-refractivity contribution in [1.82, 2.24) is 0 Å². The Kier molecular flexibility index (Phi) is 4.02. The minimum Gasteiger partial charge on any atom is -0.391 e. The molecule has 0 radical (unpaired) electrons. The Hall–Kier alpha value is -2.23. The van der Waals surface area contributed by atoms with Gasteiger partial charge in [-0.25, -0.2) is 8.78 Å². The molecule has 92 valence electrons. The van der Waals surface area contributed by atoms with Gasteiger partial charge in [0.1, 0.15) is 18.2 Å². The van der Waals surface area contributed by atoms with E-state index in [0.717, 1.165) is 5.56 Å². The highest BCUT2D eigenvalue weighted by Gasteiger charge is 2.07. The summed E-state index contributed by atoms with van der Waals surface area (Å²) in [6.45, 7) is -0.234. The molecular formula is C14H11F2NO. The SMILES string of the molecule is Fc1cccc(F)c1CON=Cc1ccccc1. The van der Waals surface area contributed by atoms with Crippen LogP contribution in [0.2, 0.25) is 0 Å².